The Bertz CT molecular complexity index is 3220. The normalized spacial score (nSPS) is 17.0. The van der Waals surface area contributed by atoms with Gasteiger partial charge in [0.1, 0.15) is 11.2 Å². The van der Waals surface area contributed by atoms with Crippen molar-refractivity contribution in [3.05, 3.63) is 145 Å². The minimum atomic E-state index is -0.758. The zero-order valence-electron chi connectivity index (χ0n) is 36.1. The summed E-state index contributed by atoms with van der Waals surface area (Å²) in [5, 5.41) is 0.976. The fourth-order valence-corrected chi connectivity index (χ4v) is 5.94. The van der Waals surface area contributed by atoms with Gasteiger partial charge in [0.05, 0.1) is 20.6 Å². The molecule has 0 bridgehead atoms. The summed E-state index contributed by atoms with van der Waals surface area (Å²) >= 11 is 0. The Kier molecular flexibility index (Phi) is 2.59. The molecule has 0 aliphatic rings. The number of hydrogen-bond donors (Lipinski definition) is 0. The van der Waals surface area contributed by atoms with Gasteiger partial charge in [-0.1, -0.05) is 133 Å². The van der Waals surface area contributed by atoms with Crippen LogP contribution in [0.2, 0.25) is 0 Å². The lowest BCUT2D eigenvalue weighted by atomic mass is 9.84. The molecule has 0 radical (unpaired) electrons. The molecular weight excluding hydrogens is 496 g/mol. The van der Waals surface area contributed by atoms with Crippen LogP contribution in [0, 0.1) is 0 Å². The van der Waals surface area contributed by atoms with Crippen molar-refractivity contribution in [2.75, 3.05) is 0 Å². The second-order valence-electron chi connectivity index (χ2n) is 9.69. The van der Waals surface area contributed by atoms with E-state index in [0.29, 0.717) is 27.5 Å². The lowest BCUT2D eigenvalue weighted by molar-refractivity contribution is 0.669. The molecule has 0 fully saturated rings. The molecule has 1 aromatic heterocycles. The van der Waals surface area contributed by atoms with Crippen LogP contribution in [0.3, 0.4) is 0 Å². The molecule has 0 aliphatic heterocycles. The van der Waals surface area contributed by atoms with Gasteiger partial charge in [-0.15, -0.1) is 0 Å². The molecule has 1 heteroatoms. The third-order valence-electron chi connectivity index (χ3n) is 7.59. The van der Waals surface area contributed by atoms with Crippen molar-refractivity contribution in [2.45, 2.75) is 0 Å². The summed E-state index contributed by atoms with van der Waals surface area (Å²) in [4.78, 5) is 0. The topological polar surface area (TPSA) is 13.1 Å². The van der Waals surface area contributed by atoms with Gasteiger partial charge in [0.25, 0.3) is 0 Å². The van der Waals surface area contributed by atoms with Gasteiger partial charge in [-0.2, -0.15) is 0 Å². The molecule has 0 saturated heterocycles. The second-order valence-corrected chi connectivity index (χ2v) is 9.69. The number of fused-ring (bicyclic) bond motifs is 8. The van der Waals surface area contributed by atoms with Crippen LogP contribution in [0.5, 0.6) is 0 Å². The van der Waals surface area contributed by atoms with E-state index in [1.54, 1.807) is 24.3 Å². The van der Waals surface area contributed by atoms with E-state index in [1.165, 1.54) is 0 Å². The minimum absolute atomic E-state index is 0.0138. The molecule has 1 nitrogen and oxygen atoms in total. The highest BCUT2D eigenvalue weighted by atomic mass is 16.3. The highest BCUT2D eigenvalue weighted by molar-refractivity contribution is 6.29. The fraction of sp³-hybridized carbons (Fsp3) is 0. The Hall–Kier alpha value is -5.40. The lowest BCUT2D eigenvalue weighted by Gasteiger charge is -2.19. The zero-order valence-corrected chi connectivity index (χ0v) is 21.1. The van der Waals surface area contributed by atoms with Crippen molar-refractivity contribution in [1.82, 2.24) is 0 Å². The Morgan fingerprint density at radius 1 is 0.390 bits per heavy atom. The van der Waals surface area contributed by atoms with E-state index in [9.17, 15) is 6.85 Å². The maximum Gasteiger partial charge on any atom is 0.136 e. The van der Waals surface area contributed by atoms with Crippen LogP contribution < -0.4 is 0 Å². The molecule has 0 aliphatic carbocycles. The molecule has 9 aromatic rings. The highest BCUT2D eigenvalue weighted by Gasteiger charge is 2.21. The van der Waals surface area contributed by atoms with Crippen molar-refractivity contribution >= 4 is 65.0 Å². The summed E-state index contributed by atoms with van der Waals surface area (Å²) in [6, 6.07) is 6.08. The van der Waals surface area contributed by atoms with Crippen LogP contribution in [0.4, 0.5) is 0 Å². The number of hydrogen-bond acceptors (Lipinski definition) is 1. The van der Waals surface area contributed by atoms with Crippen molar-refractivity contribution in [3.63, 3.8) is 0 Å². The molecule has 0 N–H and O–H groups in total. The van der Waals surface area contributed by atoms with E-state index in [0.717, 1.165) is 10.8 Å². The summed E-state index contributed by atoms with van der Waals surface area (Å²) in [7, 11) is 0. The van der Waals surface area contributed by atoms with Gasteiger partial charge in [-0.25, -0.2) is 0 Å². The van der Waals surface area contributed by atoms with Gasteiger partial charge < -0.3 is 4.42 Å². The predicted octanol–water partition coefficient (Wildman–Crippen LogP) is 11.5. The maximum absolute atomic E-state index is 9.43. The standard InChI is InChI=1S/C40H24O/c1-3-14-27-25(11-1)13-9-20-29(27)37-30-16-5-7-18-32(30)38(33-19-8-6-17-31(33)37)34-21-10-22-35-40(34)39-28-15-4-2-12-26(28)23-24-36(39)41-35/h1-24H/i1D,3D,5D,6D,7D,8D,9D,11D,13D,14D,16D,17D,18D,19D,20D. The van der Waals surface area contributed by atoms with Crippen LogP contribution in [-0.2, 0) is 0 Å². The largest absolute Gasteiger partial charge is 0.456 e. The van der Waals surface area contributed by atoms with Crippen LogP contribution in [0.15, 0.2) is 150 Å². The number of benzene rings is 8. The second kappa shape index (κ2) is 8.55. The van der Waals surface area contributed by atoms with E-state index in [2.05, 4.69) is 0 Å². The molecule has 0 saturated carbocycles. The van der Waals surface area contributed by atoms with Gasteiger partial charge in [0.2, 0.25) is 0 Å². The van der Waals surface area contributed by atoms with Crippen molar-refractivity contribution < 1.29 is 25.0 Å². The fourth-order valence-electron chi connectivity index (χ4n) is 5.94. The Balaban J connectivity index is 1.67. The summed E-state index contributed by atoms with van der Waals surface area (Å²) in [6.07, 6.45) is 0. The molecule has 0 unspecified atom stereocenters. The minimum Gasteiger partial charge on any atom is -0.456 e. The zero-order chi connectivity index (χ0) is 40.0. The molecule has 9 rings (SSSR count). The van der Waals surface area contributed by atoms with Crippen molar-refractivity contribution in [1.29, 1.82) is 0 Å². The summed E-state index contributed by atoms with van der Waals surface area (Å²) in [5.74, 6) is 0. The van der Waals surface area contributed by atoms with Crippen molar-refractivity contribution in [2.24, 2.45) is 0 Å². The lowest BCUT2D eigenvalue weighted by Crippen LogP contribution is -1.92. The molecule has 190 valence electrons. The third-order valence-corrected chi connectivity index (χ3v) is 7.59. The van der Waals surface area contributed by atoms with Crippen LogP contribution >= 0.6 is 0 Å². The predicted molar refractivity (Wildman–Crippen MR) is 175 cm³/mol. The SMILES string of the molecule is [2H]c1c([2H])c([2H])c2c(-c3c4c([2H])c([2H])c([2H])c([2H])c4c(-c4cccc5oc6ccc7ccccc7c6c45)c4c([2H])c([2H])c([2H])c([2H])c34)c([2H])c([2H])c([2H])c2c1[2H]. The highest BCUT2D eigenvalue weighted by Crippen LogP contribution is 2.48. The molecule has 8 aromatic carbocycles. The molecular formula is C40H24O. The molecule has 0 atom stereocenters. The van der Waals surface area contributed by atoms with Gasteiger partial charge in [-0.3, -0.25) is 0 Å². The van der Waals surface area contributed by atoms with Gasteiger partial charge >= 0.3 is 0 Å². The first kappa shape index (κ1) is 12.4. The first-order chi connectivity index (χ1) is 26.6. The van der Waals surface area contributed by atoms with E-state index < -0.39 is 107 Å². The molecule has 41 heavy (non-hydrogen) atoms. The van der Waals surface area contributed by atoms with E-state index in [-0.39, 0.29) is 32.7 Å². The van der Waals surface area contributed by atoms with E-state index >= 15 is 0 Å². The summed E-state index contributed by atoms with van der Waals surface area (Å²) in [6.45, 7) is 0. The van der Waals surface area contributed by atoms with Crippen LogP contribution in [0.25, 0.3) is 87.3 Å². The first-order valence-electron chi connectivity index (χ1n) is 20.4. The number of rotatable bonds is 2. The average molecular weight is 536 g/mol. The van der Waals surface area contributed by atoms with Crippen LogP contribution in [0.1, 0.15) is 20.6 Å². The smallest absolute Gasteiger partial charge is 0.136 e. The molecule has 0 spiro atoms. The quantitative estimate of drug-likeness (QED) is 0.201. The average Bonchev–Trinajstić information content (AvgIpc) is 3.59. The van der Waals surface area contributed by atoms with Crippen molar-refractivity contribution in [3.8, 4) is 22.3 Å². The van der Waals surface area contributed by atoms with Gasteiger partial charge in [0.15, 0.2) is 0 Å². The molecule has 1 heterocycles. The van der Waals surface area contributed by atoms with Crippen LogP contribution in [-0.4, -0.2) is 0 Å². The third kappa shape index (κ3) is 3.18. The maximum atomic E-state index is 9.43. The number of furan rings is 1. The Labute approximate surface area is 258 Å². The van der Waals surface area contributed by atoms with Gasteiger partial charge in [0, 0.05) is 10.8 Å². The monoisotopic (exact) mass is 535 g/mol. The van der Waals surface area contributed by atoms with Gasteiger partial charge in [-0.05, 0) is 77.5 Å². The summed E-state index contributed by atoms with van der Waals surface area (Å²) in [5.41, 5.74) is 0.414. The van der Waals surface area contributed by atoms with E-state index in [4.69, 9.17) is 18.1 Å². The Morgan fingerprint density at radius 2 is 1.00 bits per heavy atom. The molecule has 0 amide bonds. The van der Waals surface area contributed by atoms with E-state index in [1.807, 2.05) is 30.3 Å². The summed E-state index contributed by atoms with van der Waals surface area (Å²) < 4.78 is 141. The Morgan fingerprint density at radius 3 is 1.76 bits per heavy atom. The first-order valence-corrected chi connectivity index (χ1v) is 12.9.